The number of ether oxygens (including phenoxy) is 1. The van der Waals surface area contributed by atoms with Gasteiger partial charge in [0, 0.05) is 36.9 Å². The molecule has 2 aromatic carbocycles. The van der Waals surface area contributed by atoms with Gasteiger partial charge in [0.05, 0.1) is 5.56 Å². The molecule has 4 rings (SSSR count). The number of phenolic OH excluding ortho intramolecular Hbond substituents is 1. The lowest BCUT2D eigenvalue weighted by Gasteiger charge is -2.33. The summed E-state index contributed by atoms with van der Waals surface area (Å²) in [7, 11) is 0. The van der Waals surface area contributed by atoms with Gasteiger partial charge in [-0.1, -0.05) is 23.8 Å². The fraction of sp³-hybridized carbons (Fsp3) is 0.391. The highest BCUT2D eigenvalue weighted by Gasteiger charge is 2.39. The number of hydrogen-bond donors (Lipinski definition) is 2. The van der Waals surface area contributed by atoms with Crippen LogP contribution in [0.15, 0.2) is 48.7 Å². The lowest BCUT2D eigenvalue weighted by atomic mass is 9.76. The van der Waals surface area contributed by atoms with Crippen LogP contribution in [-0.4, -0.2) is 24.4 Å². The number of benzene rings is 2. The van der Waals surface area contributed by atoms with Crippen LogP contribution in [0.2, 0.25) is 0 Å². The van der Waals surface area contributed by atoms with E-state index in [1.54, 1.807) is 18.2 Å². The van der Waals surface area contributed by atoms with Gasteiger partial charge < -0.3 is 15.2 Å². The third-order valence-electron chi connectivity index (χ3n) is 5.96. The van der Waals surface area contributed by atoms with Gasteiger partial charge in [0.15, 0.2) is 0 Å². The van der Waals surface area contributed by atoms with Gasteiger partial charge in [0.2, 0.25) is 0 Å². The van der Waals surface area contributed by atoms with E-state index in [1.807, 2.05) is 25.3 Å². The Morgan fingerprint density at radius 3 is 2.38 bits per heavy atom. The Hall–Kier alpha value is -2.47. The summed E-state index contributed by atoms with van der Waals surface area (Å²) < 4.78 is 44.6. The fourth-order valence-electron chi connectivity index (χ4n) is 4.44. The monoisotopic (exact) mass is 403 g/mol. The molecule has 0 spiro atoms. The van der Waals surface area contributed by atoms with Crippen LogP contribution in [0.4, 0.5) is 13.2 Å². The van der Waals surface area contributed by atoms with E-state index in [2.05, 4.69) is 5.32 Å². The minimum absolute atomic E-state index is 0.0468. The minimum Gasteiger partial charge on any atom is -0.507 e. The van der Waals surface area contributed by atoms with Gasteiger partial charge in [-0.2, -0.15) is 13.2 Å². The van der Waals surface area contributed by atoms with Gasteiger partial charge in [-0.3, -0.25) is 0 Å². The van der Waals surface area contributed by atoms with E-state index in [0.29, 0.717) is 19.1 Å². The molecule has 2 heterocycles. The summed E-state index contributed by atoms with van der Waals surface area (Å²) in [4.78, 5) is 0. The maximum absolute atomic E-state index is 13.0. The zero-order chi connectivity index (χ0) is 20.6. The van der Waals surface area contributed by atoms with Crippen molar-refractivity contribution < 1.29 is 23.0 Å². The summed E-state index contributed by atoms with van der Waals surface area (Å²) in [5.41, 5.74) is 2.80. The van der Waals surface area contributed by atoms with Crippen molar-refractivity contribution in [1.29, 1.82) is 0 Å². The molecule has 2 aliphatic heterocycles. The highest BCUT2D eigenvalue weighted by molar-refractivity contribution is 5.78. The van der Waals surface area contributed by atoms with E-state index in [1.165, 1.54) is 0 Å². The van der Waals surface area contributed by atoms with Crippen LogP contribution in [0, 0.1) is 12.8 Å². The predicted octanol–water partition coefficient (Wildman–Crippen LogP) is 5.24. The highest BCUT2D eigenvalue weighted by atomic mass is 19.4. The molecule has 6 heteroatoms. The molecule has 1 saturated heterocycles. The molecule has 1 fully saturated rings. The molecule has 2 aliphatic rings. The Kier molecular flexibility index (Phi) is 5.30. The van der Waals surface area contributed by atoms with Crippen LogP contribution in [0.25, 0.3) is 5.57 Å². The molecular weight excluding hydrogens is 379 g/mol. The second-order valence-electron chi connectivity index (χ2n) is 7.86. The molecule has 29 heavy (non-hydrogen) atoms. The fourth-order valence-corrected chi connectivity index (χ4v) is 4.44. The maximum Gasteiger partial charge on any atom is 0.416 e. The Bertz CT molecular complexity index is 899. The molecule has 0 saturated carbocycles. The Morgan fingerprint density at radius 1 is 1.03 bits per heavy atom. The normalized spacial score (nSPS) is 23.0. The van der Waals surface area contributed by atoms with E-state index < -0.39 is 11.7 Å². The number of aromatic hydroxyl groups is 1. The van der Waals surface area contributed by atoms with Gasteiger partial charge in [-0.25, -0.2) is 0 Å². The molecule has 2 unspecified atom stereocenters. The Morgan fingerprint density at radius 2 is 1.72 bits per heavy atom. The van der Waals surface area contributed by atoms with Crippen molar-refractivity contribution in [1.82, 2.24) is 5.32 Å². The number of phenols is 1. The van der Waals surface area contributed by atoms with Crippen LogP contribution in [0.1, 0.15) is 41.0 Å². The maximum atomic E-state index is 13.0. The zero-order valence-electron chi connectivity index (χ0n) is 16.2. The molecule has 2 N–H and O–H groups in total. The largest absolute Gasteiger partial charge is 0.507 e. The minimum atomic E-state index is -4.36. The van der Waals surface area contributed by atoms with Crippen molar-refractivity contribution in [3.63, 3.8) is 0 Å². The summed E-state index contributed by atoms with van der Waals surface area (Å²) in [5.74, 6) is 0.373. The smallest absolute Gasteiger partial charge is 0.416 e. The van der Waals surface area contributed by atoms with Crippen molar-refractivity contribution in [3.05, 3.63) is 70.9 Å². The molecule has 154 valence electrons. The lowest BCUT2D eigenvalue weighted by Crippen LogP contribution is -2.37. The first-order chi connectivity index (χ1) is 13.8. The average molecular weight is 403 g/mol. The number of aryl methyl sites for hydroxylation is 1. The third kappa shape index (κ3) is 3.99. The van der Waals surface area contributed by atoms with Crippen molar-refractivity contribution in [2.45, 2.75) is 37.9 Å². The lowest BCUT2D eigenvalue weighted by molar-refractivity contribution is -0.137. The summed E-state index contributed by atoms with van der Waals surface area (Å²) in [5, 5.41) is 13.9. The topological polar surface area (TPSA) is 41.5 Å². The molecular formula is C23H24F3NO2. The van der Waals surface area contributed by atoms with Gasteiger partial charge in [-0.05, 0) is 61.1 Å². The van der Waals surface area contributed by atoms with Crippen molar-refractivity contribution in [2.75, 3.05) is 13.2 Å². The summed E-state index contributed by atoms with van der Waals surface area (Å²) in [6.07, 6.45) is -0.650. The first-order valence-corrected chi connectivity index (χ1v) is 9.85. The number of hydrogen-bond acceptors (Lipinski definition) is 3. The second kappa shape index (κ2) is 7.75. The average Bonchev–Trinajstić information content (AvgIpc) is 3.15. The van der Waals surface area contributed by atoms with Crippen molar-refractivity contribution >= 4 is 5.57 Å². The van der Waals surface area contributed by atoms with Crippen LogP contribution in [-0.2, 0) is 10.9 Å². The number of nitrogens with one attached hydrogen (secondary N) is 1. The van der Waals surface area contributed by atoms with Gasteiger partial charge in [0.25, 0.3) is 0 Å². The second-order valence-corrected chi connectivity index (χ2v) is 7.86. The predicted molar refractivity (Wildman–Crippen MR) is 105 cm³/mol. The van der Waals surface area contributed by atoms with E-state index in [9.17, 15) is 18.3 Å². The number of rotatable bonds is 3. The third-order valence-corrected chi connectivity index (χ3v) is 5.96. The van der Waals surface area contributed by atoms with Gasteiger partial charge >= 0.3 is 6.18 Å². The summed E-state index contributed by atoms with van der Waals surface area (Å²) in [6.45, 7) is 3.33. The Labute approximate surface area is 168 Å². The summed E-state index contributed by atoms with van der Waals surface area (Å²) in [6, 6.07) is 10.9. The summed E-state index contributed by atoms with van der Waals surface area (Å²) >= 11 is 0. The molecule has 0 amide bonds. The first kappa shape index (κ1) is 19.8. The van der Waals surface area contributed by atoms with Crippen LogP contribution in [0.3, 0.4) is 0 Å². The zero-order valence-corrected chi connectivity index (χ0v) is 16.2. The molecule has 0 bridgehead atoms. The molecule has 2 aromatic rings. The van der Waals surface area contributed by atoms with Crippen LogP contribution < -0.4 is 5.32 Å². The van der Waals surface area contributed by atoms with E-state index in [-0.39, 0.29) is 17.7 Å². The number of alkyl halides is 3. The van der Waals surface area contributed by atoms with Crippen LogP contribution >= 0.6 is 0 Å². The standard InChI is InChI=1S/C23H24F3NO2/c1-14-2-7-20(28)18(12-14)19-13-27-22(16-8-10-29-11-9-16)21(19)15-3-5-17(6-4-15)23(24,25)26/h2-7,12-13,16,21-22,27-28H,8-11H2,1H3. The van der Waals surface area contributed by atoms with E-state index in [0.717, 1.165) is 47.2 Å². The van der Waals surface area contributed by atoms with E-state index in [4.69, 9.17) is 4.74 Å². The highest BCUT2D eigenvalue weighted by Crippen LogP contribution is 2.45. The van der Waals surface area contributed by atoms with Gasteiger partial charge in [-0.15, -0.1) is 0 Å². The first-order valence-electron chi connectivity index (χ1n) is 9.85. The molecule has 0 aromatic heterocycles. The van der Waals surface area contributed by atoms with Gasteiger partial charge in [0.1, 0.15) is 5.75 Å². The quantitative estimate of drug-likeness (QED) is 0.736. The molecule has 3 nitrogen and oxygen atoms in total. The van der Waals surface area contributed by atoms with Crippen LogP contribution in [0.5, 0.6) is 5.75 Å². The molecule has 2 atom stereocenters. The van der Waals surface area contributed by atoms with Crippen molar-refractivity contribution in [3.8, 4) is 5.75 Å². The number of halogens is 3. The Balaban J connectivity index is 1.74. The van der Waals surface area contributed by atoms with E-state index >= 15 is 0 Å². The molecule has 0 aliphatic carbocycles. The van der Waals surface area contributed by atoms with Crippen molar-refractivity contribution in [2.24, 2.45) is 5.92 Å². The molecule has 0 radical (unpaired) electrons. The SMILES string of the molecule is Cc1ccc(O)c(C2=CNC(C3CCOCC3)C2c2ccc(C(F)(F)F)cc2)c1.